The number of hydrogen-bond donors (Lipinski definition) is 1. The van der Waals surface area contributed by atoms with Crippen LogP contribution in [-0.4, -0.2) is 46.0 Å². The van der Waals surface area contributed by atoms with Crippen LogP contribution in [0.3, 0.4) is 0 Å². The standard InChI is InChI=1S/C13H18F2N2O3/c1-7(2)10-16-8(3)9(20-10)11(18)17-5-4-13(19,6-17)12(14)15/h7,12,19H,4-6H2,1-3H3. The van der Waals surface area contributed by atoms with Crippen molar-refractivity contribution in [3.05, 3.63) is 17.3 Å². The first-order valence-corrected chi connectivity index (χ1v) is 6.51. The van der Waals surface area contributed by atoms with Gasteiger partial charge in [0.25, 0.3) is 12.3 Å². The van der Waals surface area contributed by atoms with Gasteiger partial charge in [-0.2, -0.15) is 0 Å². The van der Waals surface area contributed by atoms with Crippen molar-refractivity contribution in [3.63, 3.8) is 0 Å². The number of β-amino-alcohol motifs (C(OH)–C–C–N with tert-alkyl or cyclic N) is 1. The van der Waals surface area contributed by atoms with Crippen molar-refractivity contribution in [2.24, 2.45) is 0 Å². The molecule has 1 fully saturated rings. The summed E-state index contributed by atoms with van der Waals surface area (Å²) in [6.45, 7) is 5.09. The minimum absolute atomic E-state index is 0.0341. The van der Waals surface area contributed by atoms with Gasteiger partial charge < -0.3 is 14.4 Å². The number of halogens is 2. The Morgan fingerprint density at radius 1 is 1.50 bits per heavy atom. The second-order valence-corrected chi connectivity index (χ2v) is 5.50. The Morgan fingerprint density at radius 3 is 2.60 bits per heavy atom. The molecule has 1 aromatic rings. The fourth-order valence-corrected chi connectivity index (χ4v) is 2.17. The third-order valence-corrected chi connectivity index (χ3v) is 3.47. The summed E-state index contributed by atoms with van der Waals surface area (Å²) in [5.74, 6) is 0.0340. The molecule has 5 nitrogen and oxygen atoms in total. The summed E-state index contributed by atoms with van der Waals surface area (Å²) in [5, 5.41) is 9.71. The summed E-state index contributed by atoms with van der Waals surface area (Å²) in [6.07, 6.45) is -3.01. The van der Waals surface area contributed by atoms with Crippen molar-refractivity contribution in [3.8, 4) is 0 Å². The van der Waals surface area contributed by atoms with Crippen LogP contribution in [0.4, 0.5) is 8.78 Å². The van der Waals surface area contributed by atoms with Gasteiger partial charge in [-0.1, -0.05) is 13.8 Å². The van der Waals surface area contributed by atoms with Crippen LogP contribution in [-0.2, 0) is 0 Å². The number of aromatic nitrogens is 1. The molecular weight excluding hydrogens is 270 g/mol. The molecule has 1 unspecified atom stereocenters. The Kier molecular flexibility index (Phi) is 3.82. The molecule has 112 valence electrons. The lowest BCUT2D eigenvalue weighted by Crippen LogP contribution is -2.41. The van der Waals surface area contributed by atoms with Gasteiger partial charge in [-0.25, -0.2) is 13.8 Å². The summed E-state index contributed by atoms with van der Waals surface area (Å²) in [6, 6.07) is 0. The summed E-state index contributed by atoms with van der Waals surface area (Å²) >= 11 is 0. The van der Waals surface area contributed by atoms with E-state index in [0.717, 1.165) is 0 Å². The molecule has 0 aliphatic carbocycles. The van der Waals surface area contributed by atoms with E-state index >= 15 is 0 Å². The Hall–Kier alpha value is -1.50. The smallest absolute Gasteiger partial charge is 0.291 e. The van der Waals surface area contributed by atoms with Crippen LogP contribution in [0.1, 0.15) is 48.3 Å². The van der Waals surface area contributed by atoms with Gasteiger partial charge >= 0.3 is 0 Å². The molecule has 1 aromatic heterocycles. The number of carbonyl (C=O) groups is 1. The highest BCUT2D eigenvalue weighted by atomic mass is 19.3. The monoisotopic (exact) mass is 288 g/mol. The first-order valence-electron chi connectivity index (χ1n) is 6.51. The van der Waals surface area contributed by atoms with E-state index in [1.54, 1.807) is 6.92 Å². The summed E-state index contributed by atoms with van der Waals surface area (Å²) < 4.78 is 30.9. The van der Waals surface area contributed by atoms with Gasteiger partial charge in [-0.15, -0.1) is 0 Å². The van der Waals surface area contributed by atoms with Crippen molar-refractivity contribution >= 4 is 5.91 Å². The number of hydrogen-bond acceptors (Lipinski definition) is 4. The number of amides is 1. The van der Waals surface area contributed by atoms with E-state index < -0.39 is 17.9 Å². The molecule has 0 spiro atoms. The van der Waals surface area contributed by atoms with Crippen molar-refractivity contribution in [2.75, 3.05) is 13.1 Å². The molecule has 2 heterocycles. The molecular formula is C13H18F2N2O3. The van der Waals surface area contributed by atoms with Gasteiger partial charge in [-0.3, -0.25) is 4.79 Å². The summed E-state index contributed by atoms with van der Waals surface area (Å²) in [4.78, 5) is 17.6. The Bertz CT molecular complexity index is 516. The topological polar surface area (TPSA) is 66.6 Å². The van der Waals surface area contributed by atoms with E-state index in [2.05, 4.69) is 4.98 Å². The number of alkyl halides is 2. The lowest BCUT2D eigenvalue weighted by atomic mass is 10.1. The minimum atomic E-state index is -2.87. The quantitative estimate of drug-likeness (QED) is 0.923. The minimum Gasteiger partial charge on any atom is -0.435 e. The van der Waals surface area contributed by atoms with Crippen LogP contribution < -0.4 is 0 Å². The number of carbonyl (C=O) groups excluding carboxylic acids is 1. The van der Waals surface area contributed by atoms with Crippen LogP contribution in [0, 0.1) is 6.92 Å². The Labute approximate surface area is 115 Å². The number of nitrogens with zero attached hydrogens (tertiary/aromatic N) is 2. The fraction of sp³-hybridized carbons (Fsp3) is 0.692. The number of aliphatic hydroxyl groups is 1. The SMILES string of the molecule is Cc1nc(C(C)C)oc1C(=O)N1CCC(O)(C(F)F)C1. The zero-order valence-corrected chi connectivity index (χ0v) is 11.7. The van der Waals surface area contributed by atoms with Gasteiger partial charge in [-0.05, 0) is 6.92 Å². The molecule has 1 aliphatic heterocycles. The van der Waals surface area contributed by atoms with E-state index in [4.69, 9.17) is 4.42 Å². The highest BCUT2D eigenvalue weighted by molar-refractivity contribution is 5.92. The zero-order valence-electron chi connectivity index (χ0n) is 11.7. The van der Waals surface area contributed by atoms with Crippen LogP contribution >= 0.6 is 0 Å². The molecule has 7 heteroatoms. The number of likely N-dealkylation sites (tertiary alicyclic amines) is 1. The van der Waals surface area contributed by atoms with Crippen molar-refractivity contribution in [1.29, 1.82) is 0 Å². The number of oxazole rings is 1. The molecule has 1 saturated heterocycles. The predicted molar refractivity (Wildman–Crippen MR) is 66.8 cm³/mol. The normalized spacial score (nSPS) is 23.1. The van der Waals surface area contributed by atoms with Gasteiger partial charge in [0.2, 0.25) is 5.76 Å². The summed E-state index contributed by atoms with van der Waals surface area (Å²) in [5.41, 5.74) is -1.68. The lowest BCUT2D eigenvalue weighted by Gasteiger charge is -2.21. The van der Waals surface area contributed by atoms with E-state index in [0.29, 0.717) is 11.6 Å². The molecule has 0 bridgehead atoms. The molecule has 1 amide bonds. The lowest BCUT2D eigenvalue weighted by molar-refractivity contribution is -0.0856. The average molecular weight is 288 g/mol. The van der Waals surface area contributed by atoms with Crippen LogP contribution in [0.2, 0.25) is 0 Å². The first kappa shape index (κ1) is 14.9. The van der Waals surface area contributed by atoms with Gasteiger partial charge in [0.1, 0.15) is 5.60 Å². The molecule has 1 aliphatic rings. The summed E-state index contributed by atoms with van der Waals surface area (Å²) in [7, 11) is 0. The molecule has 0 aromatic carbocycles. The molecule has 0 saturated carbocycles. The maximum Gasteiger partial charge on any atom is 0.291 e. The van der Waals surface area contributed by atoms with E-state index in [9.17, 15) is 18.7 Å². The third kappa shape index (κ3) is 2.54. The average Bonchev–Trinajstić information content (AvgIpc) is 2.93. The van der Waals surface area contributed by atoms with Gasteiger partial charge in [0.15, 0.2) is 5.89 Å². The molecule has 2 rings (SSSR count). The van der Waals surface area contributed by atoms with Gasteiger partial charge in [0.05, 0.1) is 12.2 Å². The van der Waals surface area contributed by atoms with E-state index in [-0.39, 0.29) is 31.2 Å². The third-order valence-electron chi connectivity index (χ3n) is 3.47. The highest BCUT2D eigenvalue weighted by Crippen LogP contribution is 2.29. The molecule has 1 N–H and O–H groups in total. The van der Waals surface area contributed by atoms with Gasteiger partial charge in [0, 0.05) is 18.9 Å². The number of aryl methyl sites for hydroxylation is 1. The maximum atomic E-state index is 12.7. The van der Waals surface area contributed by atoms with Crippen LogP contribution in [0.5, 0.6) is 0 Å². The maximum absolute atomic E-state index is 12.7. The fourth-order valence-electron chi connectivity index (χ4n) is 2.17. The van der Waals surface area contributed by atoms with Crippen LogP contribution in [0.15, 0.2) is 4.42 Å². The first-order chi connectivity index (χ1) is 9.24. The molecule has 0 radical (unpaired) electrons. The van der Waals surface area contributed by atoms with Crippen molar-refractivity contribution in [2.45, 2.75) is 45.1 Å². The second-order valence-electron chi connectivity index (χ2n) is 5.50. The van der Waals surface area contributed by atoms with E-state index in [1.807, 2.05) is 13.8 Å². The predicted octanol–water partition coefficient (Wildman–Crippen LogP) is 1.95. The highest BCUT2D eigenvalue weighted by Gasteiger charge is 2.46. The second kappa shape index (κ2) is 5.12. The van der Waals surface area contributed by atoms with E-state index in [1.165, 1.54) is 4.90 Å². The molecule has 20 heavy (non-hydrogen) atoms. The Morgan fingerprint density at radius 2 is 2.15 bits per heavy atom. The van der Waals surface area contributed by atoms with Crippen LogP contribution in [0.25, 0.3) is 0 Å². The van der Waals surface area contributed by atoms with Crippen molar-refractivity contribution < 1.29 is 23.1 Å². The van der Waals surface area contributed by atoms with Crippen molar-refractivity contribution in [1.82, 2.24) is 9.88 Å². The number of rotatable bonds is 3. The Balaban J connectivity index is 2.17. The largest absolute Gasteiger partial charge is 0.435 e. The molecule has 1 atom stereocenters. The zero-order chi connectivity index (χ0) is 15.1.